The van der Waals surface area contributed by atoms with Gasteiger partial charge in [0.2, 0.25) is 0 Å². The number of nitrogens with zero attached hydrogens (tertiary/aromatic N) is 4. The number of aryl methyl sites for hydroxylation is 1. The molecule has 0 unspecified atom stereocenters. The van der Waals surface area contributed by atoms with Gasteiger partial charge in [-0.2, -0.15) is 0 Å². The molecule has 0 saturated heterocycles. The lowest BCUT2D eigenvalue weighted by Crippen LogP contribution is -2.26. The molecule has 0 saturated carbocycles. The molecule has 0 radical (unpaired) electrons. The average molecular weight is 260 g/mol. The van der Waals surface area contributed by atoms with Crippen LogP contribution in [0.5, 0.6) is 0 Å². The van der Waals surface area contributed by atoms with Crippen LogP contribution in [0.4, 0.5) is 5.82 Å². The van der Waals surface area contributed by atoms with Crippen molar-refractivity contribution in [3.63, 3.8) is 0 Å². The van der Waals surface area contributed by atoms with Gasteiger partial charge in [0.25, 0.3) is 5.91 Å². The summed E-state index contributed by atoms with van der Waals surface area (Å²) in [7, 11) is 3.64. The van der Waals surface area contributed by atoms with Crippen LogP contribution in [0.3, 0.4) is 0 Å². The second-order valence-electron chi connectivity index (χ2n) is 4.04. The third-order valence-corrected chi connectivity index (χ3v) is 2.72. The Bertz CT molecular complexity index is 565. The van der Waals surface area contributed by atoms with Crippen molar-refractivity contribution < 1.29 is 4.79 Å². The summed E-state index contributed by atoms with van der Waals surface area (Å²) in [5.41, 5.74) is 0.581. The monoisotopic (exact) mass is 260 g/mol. The molecule has 0 spiro atoms. The van der Waals surface area contributed by atoms with Gasteiger partial charge in [-0.15, -0.1) is 10.2 Å². The average Bonchev–Trinajstić information content (AvgIpc) is 2.84. The zero-order valence-corrected chi connectivity index (χ0v) is 10.9. The second kappa shape index (κ2) is 5.94. The SMILES string of the molecule is CNc1cc(C(=O)NCCc2nncn2C)ccn1. The van der Waals surface area contributed by atoms with Crippen molar-refractivity contribution in [3.8, 4) is 0 Å². The fourth-order valence-electron chi connectivity index (χ4n) is 1.63. The van der Waals surface area contributed by atoms with Crippen molar-refractivity contribution in [1.29, 1.82) is 0 Å². The van der Waals surface area contributed by atoms with Gasteiger partial charge in [-0.05, 0) is 12.1 Å². The maximum atomic E-state index is 11.9. The van der Waals surface area contributed by atoms with E-state index < -0.39 is 0 Å². The number of carbonyl (C=O) groups is 1. The highest BCUT2D eigenvalue weighted by molar-refractivity contribution is 5.94. The Morgan fingerprint density at radius 1 is 1.47 bits per heavy atom. The van der Waals surface area contributed by atoms with Crippen molar-refractivity contribution in [2.45, 2.75) is 6.42 Å². The summed E-state index contributed by atoms with van der Waals surface area (Å²) in [5, 5.41) is 13.5. The van der Waals surface area contributed by atoms with E-state index in [9.17, 15) is 4.79 Å². The number of rotatable bonds is 5. The fraction of sp³-hybridized carbons (Fsp3) is 0.333. The Morgan fingerprint density at radius 3 is 3.00 bits per heavy atom. The van der Waals surface area contributed by atoms with Gasteiger partial charge >= 0.3 is 0 Å². The zero-order valence-electron chi connectivity index (χ0n) is 10.9. The first-order chi connectivity index (χ1) is 9.20. The number of pyridine rings is 1. The summed E-state index contributed by atoms with van der Waals surface area (Å²) in [6, 6.07) is 3.39. The Labute approximate surface area is 111 Å². The van der Waals surface area contributed by atoms with E-state index in [-0.39, 0.29) is 5.91 Å². The molecule has 0 bridgehead atoms. The molecule has 0 fully saturated rings. The second-order valence-corrected chi connectivity index (χ2v) is 4.04. The van der Waals surface area contributed by atoms with E-state index in [0.29, 0.717) is 24.3 Å². The highest BCUT2D eigenvalue weighted by Crippen LogP contribution is 2.05. The lowest BCUT2D eigenvalue weighted by Gasteiger charge is -2.06. The van der Waals surface area contributed by atoms with Crippen LogP contribution in [0.15, 0.2) is 24.7 Å². The van der Waals surface area contributed by atoms with E-state index in [1.165, 1.54) is 0 Å². The summed E-state index contributed by atoms with van der Waals surface area (Å²) in [4.78, 5) is 16.0. The van der Waals surface area contributed by atoms with E-state index in [4.69, 9.17) is 0 Å². The van der Waals surface area contributed by atoms with Crippen LogP contribution in [-0.4, -0.2) is 39.2 Å². The number of anilines is 1. The molecule has 2 rings (SSSR count). The van der Waals surface area contributed by atoms with Gasteiger partial charge in [0.1, 0.15) is 18.0 Å². The Morgan fingerprint density at radius 2 is 2.32 bits per heavy atom. The zero-order chi connectivity index (χ0) is 13.7. The normalized spacial score (nSPS) is 10.2. The molecule has 0 aromatic carbocycles. The molecule has 2 N–H and O–H groups in total. The molecule has 19 heavy (non-hydrogen) atoms. The quantitative estimate of drug-likeness (QED) is 0.803. The summed E-state index contributed by atoms with van der Waals surface area (Å²) >= 11 is 0. The minimum Gasteiger partial charge on any atom is -0.373 e. The van der Waals surface area contributed by atoms with Crippen LogP contribution in [0, 0.1) is 0 Å². The molecule has 0 aliphatic heterocycles. The van der Waals surface area contributed by atoms with Crippen LogP contribution in [0.2, 0.25) is 0 Å². The van der Waals surface area contributed by atoms with Gasteiger partial charge in [-0.3, -0.25) is 4.79 Å². The number of nitrogens with one attached hydrogen (secondary N) is 2. The Hall–Kier alpha value is -2.44. The van der Waals surface area contributed by atoms with E-state index in [0.717, 1.165) is 5.82 Å². The predicted molar refractivity (Wildman–Crippen MR) is 70.8 cm³/mol. The van der Waals surface area contributed by atoms with E-state index in [1.54, 1.807) is 31.7 Å². The predicted octanol–water partition coefficient (Wildman–Crippen LogP) is 0.224. The summed E-state index contributed by atoms with van der Waals surface area (Å²) in [6.45, 7) is 0.516. The van der Waals surface area contributed by atoms with E-state index >= 15 is 0 Å². The van der Waals surface area contributed by atoms with Gasteiger partial charge in [0, 0.05) is 38.8 Å². The molecular formula is C12H16N6O. The van der Waals surface area contributed by atoms with Crippen molar-refractivity contribution in [2.75, 3.05) is 18.9 Å². The van der Waals surface area contributed by atoms with Crippen LogP contribution in [0.1, 0.15) is 16.2 Å². The summed E-state index contributed by atoms with van der Waals surface area (Å²) in [5.74, 6) is 1.38. The van der Waals surface area contributed by atoms with E-state index in [2.05, 4.69) is 25.8 Å². The van der Waals surface area contributed by atoms with Crippen molar-refractivity contribution in [1.82, 2.24) is 25.1 Å². The molecule has 0 atom stereocenters. The number of hydrogen-bond acceptors (Lipinski definition) is 5. The molecule has 2 heterocycles. The molecule has 0 aliphatic carbocycles. The van der Waals surface area contributed by atoms with Crippen molar-refractivity contribution >= 4 is 11.7 Å². The number of hydrogen-bond donors (Lipinski definition) is 2. The van der Waals surface area contributed by atoms with Gasteiger partial charge < -0.3 is 15.2 Å². The number of carbonyl (C=O) groups excluding carboxylic acids is 1. The Balaban J connectivity index is 1.89. The maximum absolute atomic E-state index is 11.9. The lowest BCUT2D eigenvalue weighted by atomic mass is 10.2. The third kappa shape index (κ3) is 3.27. The molecule has 0 aliphatic rings. The largest absolute Gasteiger partial charge is 0.373 e. The van der Waals surface area contributed by atoms with Crippen LogP contribution in [-0.2, 0) is 13.5 Å². The number of amides is 1. The fourth-order valence-corrected chi connectivity index (χ4v) is 1.63. The molecular weight excluding hydrogens is 244 g/mol. The highest BCUT2D eigenvalue weighted by atomic mass is 16.1. The van der Waals surface area contributed by atoms with Crippen molar-refractivity contribution in [2.24, 2.45) is 7.05 Å². The maximum Gasteiger partial charge on any atom is 0.251 e. The molecule has 2 aromatic heterocycles. The van der Waals surface area contributed by atoms with Gasteiger partial charge in [-0.25, -0.2) is 4.98 Å². The lowest BCUT2D eigenvalue weighted by molar-refractivity contribution is 0.0954. The molecule has 2 aromatic rings. The molecule has 100 valence electrons. The first kappa shape index (κ1) is 13.0. The first-order valence-electron chi connectivity index (χ1n) is 5.95. The van der Waals surface area contributed by atoms with Gasteiger partial charge in [-0.1, -0.05) is 0 Å². The summed E-state index contributed by atoms with van der Waals surface area (Å²) in [6.07, 6.45) is 3.88. The minimum absolute atomic E-state index is 0.124. The molecule has 7 heteroatoms. The smallest absolute Gasteiger partial charge is 0.251 e. The highest BCUT2D eigenvalue weighted by Gasteiger charge is 2.07. The molecule has 1 amide bonds. The van der Waals surface area contributed by atoms with Crippen LogP contribution in [0.25, 0.3) is 0 Å². The molecule has 7 nitrogen and oxygen atoms in total. The van der Waals surface area contributed by atoms with Gasteiger partial charge in [0.05, 0.1) is 0 Å². The standard InChI is InChI=1S/C12H16N6O/c1-13-10-7-9(3-5-14-10)12(19)15-6-4-11-17-16-8-18(11)2/h3,5,7-8H,4,6H2,1-2H3,(H,13,14)(H,15,19). The topological polar surface area (TPSA) is 84.7 Å². The minimum atomic E-state index is -0.124. The van der Waals surface area contributed by atoms with Crippen LogP contribution >= 0.6 is 0 Å². The van der Waals surface area contributed by atoms with Crippen molar-refractivity contribution in [3.05, 3.63) is 36.0 Å². The first-order valence-corrected chi connectivity index (χ1v) is 5.95. The summed E-state index contributed by atoms with van der Waals surface area (Å²) < 4.78 is 1.83. The Kier molecular flexibility index (Phi) is 4.07. The van der Waals surface area contributed by atoms with Gasteiger partial charge in [0.15, 0.2) is 0 Å². The van der Waals surface area contributed by atoms with Crippen LogP contribution < -0.4 is 10.6 Å². The third-order valence-electron chi connectivity index (χ3n) is 2.72. The van der Waals surface area contributed by atoms with E-state index in [1.807, 2.05) is 11.6 Å². The number of aromatic nitrogens is 4.